The molecule has 1 aromatic carbocycles. The average Bonchev–Trinajstić information content (AvgIpc) is 2.56. The molecule has 0 aliphatic carbocycles. The Labute approximate surface area is 91.5 Å². The Bertz CT molecular complexity index is 565. The largest absolute Gasteiger partial charge is 0.481 e. The summed E-state index contributed by atoms with van der Waals surface area (Å²) in [4.78, 5) is 22.0. The molecule has 0 saturated heterocycles. The molecule has 1 heterocycles. The molecule has 1 N–H and O–H groups in total. The van der Waals surface area contributed by atoms with Crippen molar-refractivity contribution in [3.05, 3.63) is 35.6 Å². The minimum atomic E-state index is -1.15. The van der Waals surface area contributed by atoms with Gasteiger partial charge in [-0.25, -0.2) is 0 Å². The minimum absolute atomic E-state index is 0.142. The molecule has 2 rings (SSSR count). The Balaban J connectivity index is 2.49. The van der Waals surface area contributed by atoms with Crippen LogP contribution in [0.25, 0.3) is 11.0 Å². The lowest BCUT2D eigenvalue weighted by molar-refractivity contribution is -0.135. The van der Waals surface area contributed by atoms with Gasteiger partial charge in [-0.3, -0.25) is 9.59 Å². The third-order valence-electron chi connectivity index (χ3n) is 2.41. The van der Waals surface area contributed by atoms with Gasteiger partial charge in [-0.15, -0.1) is 0 Å². The zero-order chi connectivity index (χ0) is 11.7. The summed E-state index contributed by atoms with van der Waals surface area (Å²) in [6.07, 6.45) is -0.541. The lowest BCUT2D eigenvalue weighted by Crippen LogP contribution is -2.06. The van der Waals surface area contributed by atoms with Crippen LogP contribution in [0, 0.1) is 6.92 Å². The first-order valence-corrected chi connectivity index (χ1v) is 4.82. The van der Waals surface area contributed by atoms with E-state index < -0.39 is 18.2 Å². The van der Waals surface area contributed by atoms with E-state index in [0.29, 0.717) is 11.1 Å². The Morgan fingerprint density at radius 1 is 1.31 bits per heavy atom. The first-order valence-electron chi connectivity index (χ1n) is 4.82. The van der Waals surface area contributed by atoms with E-state index in [9.17, 15) is 9.59 Å². The number of fused-ring (bicyclic) bond motifs is 1. The highest BCUT2D eigenvalue weighted by Gasteiger charge is 2.19. The Morgan fingerprint density at radius 2 is 2.00 bits per heavy atom. The maximum absolute atomic E-state index is 11.6. The summed E-state index contributed by atoms with van der Waals surface area (Å²) in [5.74, 6) is -1.50. The number of furan rings is 1. The van der Waals surface area contributed by atoms with Crippen molar-refractivity contribution in [2.45, 2.75) is 13.3 Å². The van der Waals surface area contributed by atoms with Crippen LogP contribution in [-0.4, -0.2) is 16.9 Å². The van der Waals surface area contributed by atoms with E-state index in [0.717, 1.165) is 5.39 Å². The van der Waals surface area contributed by atoms with E-state index in [4.69, 9.17) is 9.52 Å². The number of para-hydroxylation sites is 1. The van der Waals surface area contributed by atoms with E-state index in [1.54, 1.807) is 19.1 Å². The lowest BCUT2D eigenvalue weighted by Gasteiger charge is -1.93. The molecule has 0 radical (unpaired) electrons. The maximum Gasteiger partial charge on any atom is 0.311 e. The van der Waals surface area contributed by atoms with E-state index >= 15 is 0 Å². The Morgan fingerprint density at radius 3 is 2.62 bits per heavy atom. The molecular formula is C12H10O4. The number of hydrogen-bond donors (Lipinski definition) is 1. The van der Waals surface area contributed by atoms with Gasteiger partial charge in [-0.2, -0.15) is 0 Å². The fraction of sp³-hybridized carbons (Fsp3) is 0.167. The van der Waals surface area contributed by atoms with Gasteiger partial charge in [0.2, 0.25) is 5.78 Å². The van der Waals surface area contributed by atoms with Gasteiger partial charge in [0.15, 0.2) is 5.76 Å². The third kappa shape index (κ3) is 1.69. The standard InChI is InChI=1S/C12H10O4/c1-7-8-4-2-3-5-10(8)16-12(7)9(13)6-11(14)15/h2-5H,6H2,1H3,(H,14,15). The van der Waals surface area contributed by atoms with Crippen LogP contribution in [0.5, 0.6) is 0 Å². The van der Waals surface area contributed by atoms with Crippen molar-refractivity contribution in [1.82, 2.24) is 0 Å². The van der Waals surface area contributed by atoms with Crippen LogP contribution in [0.2, 0.25) is 0 Å². The summed E-state index contributed by atoms with van der Waals surface area (Å²) in [7, 11) is 0. The number of carbonyl (C=O) groups is 2. The highest BCUT2D eigenvalue weighted by atomic mass is 16.4. The molecule has 0 spiro atoms. The molecule has 4 heteroatoms. The number of aliphatic carboxylic acids is 1. The minimum Gasteiger partial charge on any atom is -0.481 e. The Hall–Kier alpha value is -2.10. The summed E-state index contributed by atoms with van der Waals surface area (Å²) >= 11 is 0. The highest BCUT2D eigenvalue weighted by molar-refractivity contribution is 6.07. The summed E-state index contributed by atoms with van der Waals surface area (Å²) in [5.41, 5.74) is 1.30. The van der Waals surface area contributed by atoms with Gasteiger partial charge in [0, 0.05) is 10.9 Å². The zero-order valence-electron chi connectivity index (χ0n) is 8.69. The number of carboxylic acids is 1. The van der Waals surface area contributed by atoms with Crippen molar-refractivity contribution < 1.29 is 19.1 Å². The number of benzene rings is 1. The number of hydrogen-bond acceptors (Lipinski definition) is 3. The fourth-order valence-electron chi connectivity index (χ4n) is 1.66. The molecule has 16 heavy (non-hydrogen) atoms. The first kappa shape index (κ1) is 10.4. The maximum atomic E-state index is 11.6. The normalized spacial score (nSPS) is 10.6. The van der Waals surface area contributed by atoms with Gasteiger partial charge in [-0.1, -0.05) is 18.2 Å². The second kappa shape index (κ2) is 3.81. The average molecular weight is 218 g/mol. The predicted octanol–water partition coefficient (Wildman–Crippen LogP) is 2.40. The summed E-state index contributed by atoms with van der Waals surface area (Å²) in [6, 6.07) is 7.23. The molecule has 0 bridgehead atoms. The van der Waals surface area contributed by atoms with E-state index in [2.05, 4.69) is 0 Å². The summed E-state index contributed by atoms with van der Waals surface area (Å²) in [6.45, 7) is 1.75. The summed E-state index contributed by atoms with van der Waals surface area (Å²) in [5, 5.41) is 9.39. The van der Waals surface area contributed by atoms with Gasteiger partial charge in [0.25, 0.3) is 0 Å². The van der Waals surface area contributed by atoms with Gasteiger partial charge >= 0.3 is 5.97 Å². The lowest BCUT2D eigenvalue weighted by atomic mass is 10.1. The Kier molecular flexibility index (Phi) is 2.48. The monoisotopic (exact) mass is 218 g/mol. The van der Waals surface area contributed by atoms with Crippen molar-refractivity contribution in [3.8, 4) is 0 Å². The molecule has 0 atom stereocenters. The van der Waals surface area contributed by atoms with Crippen molar-refractivity contribution in [3.63, 3.8) is 0 Å². The van der Waals surface area contributed by atoms with Crippen LogP contribution in [0.15, 0.2) is 28.7 Å². The number of rotatable bonds is 3. The molecule has 2 aromatic rings. The molecule has 82 valence electrons. The molecule has 0 aliphatic rings. The zero-order valence-corrected chi connectivity index (χ0v) is 8.69. The molecule has 1 aromatic heterocycles. The van der Waals surface area contributed by atoms with Crippen LogP contribution >= 0.6 is 0 Å². The van der Waals surface area contributed by atoms with Crippen molar-refractivity contribution >= 4 is 22.7 Å². The van der Waals surface area contributed by atoms with Crippen LogP contribution in [-0.2, 0) is 4.79 Å². The molecule has 0 amide bonds. The van der Waals surface area contributed by atoms with Crippen LogP contribution in [0.4, 0.5) is 0 Å². The van der Waals surface area contributed by atoms with E-state index in [-0.39, 0.29) is 5.76 Å². The van der Waals surface area contributed by atoms with Crippen LogP contribution < -0.4 is 0 Å². The van der Waals surface area contributed by atoms with Crippen LogP contribution in [0.3, 0.4) is 0 Å². The number of carboxylic acid groups (broad SMARTS) is 1. The van der Waals surface area contributed by atoms with Crippen LogP contribution in [0.1, 0.15) is 22.5 Å². The van der Waals surface area contributed by atoms with Gasteiger partial charge in [-0.05, 0) is 13.0 Å². The van der Waals surface area contributed by atoms with Gasteiger partial charge in [0.05, 0.1) is 0 Å². The van der Waals surface area contributed by atoms with Crippen molar-refractivity contribution in [2.24, 2.45) is 0 Å². The molecule has 0 aliphatic heterocycles. The molecule has 0 unspecified atom stereocenters. The highest BCUT2D eigenvalue weighted by Crippen LogP contribution is 2.25. The SMILES string of the molecule is Cc1c(C(=O)CC(=O)O)oc2ccccc12. The van der Waals surface area contributed by atoms with Gasteiger partial charge < -0.3 is 9.52 Å². The quantitative estimate of drug-likeness (QED) is 0.634. The second-order valence-corrected chi connectivity index (χ2v) is 3.55. The third-order valence-corrected chi connectivity index (χ3v) is 2.41. The number of aryl methyl sites for hydroxylation is 1. The number of carbonyl (C=O) groups excluding carboxylic acids is 1. The molecule has 4 nitrogen and oxygen atoms in total. The molecule has 0 saturated carbocycles. The van der Waals surface area contributed by atoms with Gasteiger partial charge in [0.1, 0.15) is 12.0 Å². The predicted molar refractivity (Wildman–Crippen MR) is 57.5 cm³/mol. The fourth-order valence-corrected chi connectivity index (χ4v) is 1.66. The number of ketones is 1. The summed E-state index contributed by atoms with van der Waals surface area (Å²) < 4.78 is 5.35. The smallest absolute Gasteiger partial charge is 0.311 e. The first-order chi connectivity index (χ1) is 7.59. The second-order valence-electron chi connectivity index (χ2n) is 3.55. The molecule has 0 fully saturated rings. The van der Waals surface area contributed by atoms with E-state index in [1.165, 1.54) is 0 Å². The van der Waals surface area contributed by atoms with E-state index in [1.807, 2.05) is 12.1 Å². The van der Waals surface area contributed by atoms with Crippen molar-refractivity contribution in [2.75, 3.05) is 0 Å². The molecular weight excluding hydrogens is 208 g/mol. The van der Waals surface area contributed by atoms with Crippen molar-refractivity contribution in [1.29, 1.82) is 0 Å². The topological polar surface area (TPSA) is 67.5 Å². The number of Topliss-reactive ketones (excluding diaryl/α,β-unsaturated/α-hetero) is 1.